The number of amides is 1. The van der Waals surface area contributed by atoms with Crippen LogP contribution in [0.3, 0.4) is 0 Å². The number of hydrogen-bond acceptors (Lipinski definition) is 4. The first-order valence-corrected chi connectivity index (χ1v) is 6.48. The van der Waals surface area contributed by atoms with Gasteiger partial charge in [0.05, 0.1) is 12.1 Å². The third-order valence-electron chi connectivity index (χ3n) is 3.49. The molecule has 1 saturated carbocycles. The first kappa shape index (κ1) is 13.7. The summed E-state index contributed by atoms with van der Waals surface area (Å²) in [6, 6.07) is 6.50. The van der Waals surface area contributed by atoms with Gasteiger partial charge >= 0.3 is 0 Å². The predicted molar refractivity (Wildman–Crippen MR) is 70.0 cm³/mol. The summed E-state index contributed by atoms with van der Waals surface area (Å²) < 4.78 is 5.25. The highest BCUT2D eigenvalue weighted by Gasteiger charge is 2.34. The molecular formula is C14H19NO4. The third-order valence-corrected chi connectivity index (χ3v) is 3.49. The van der Waals surface area contributed by atoms with Crippen molar-refractivity contribution in [1.82, 2.24) is 5.32 Å². The van der Waals surface area contributed by atoms with Gasteiger partial charge in [0.25, 0.3) is 5.91 Å². The number of phenolic OH excluding ortho intramolecular Hbond substituents is 1. The Kier molecular flexibility index (Phi) is 4.27. The monoisotopic (exact) mass is 265 g/mol. The molecule has 104 valence electrons. The number of aliphatic hydroxyl groups excluding tert-OH is 1. The Morgan fingerprint density at radius 3 is 2.63 bits per heavy atom. The van der Waals surface area contributed by atoms with Crippen LogP contribution >= 0.6 is 0 Å². The maximum Gasteiger partial charge on any atom is 0.258 e. The summed E-state index contributed by atoms with van der Waals surface area (Å²) in [5, 5.41) is 21.7. The van der Waals surface area contributed by atoms with Crippen LogP contribution in [0, 0.1) is 0 Å². The Morgan fingerprint density at radius 1 is 1.32 bits per heavy atom. The molecule has 0 heterocycles. The van der Waals surface area contributed by atoms with E-state index in [9.17, 15) is 15.0 Å². The van der Waals surface area contributed by atoms with Crippen molar-refractivity contribution < 1.29 is 19.7 Å². The topological polar surface area (TPSA) is 78.8 Å². The van der Waals surface area contributed by atoms with E-state index >= 15 is 0 Å². The SMILES string of the molecule is O=C(COc1ccccc1O)NC1(CO)CCCC1. The van der Waals surface area contributed by atoms with Crippen molar-refractivity contribution in [3.8, 4) is 11.5 Å². The van der Waals surface area contributed by atoms with E-state index in [0.29, 0.717) is 0 Å². The summed E-state index contributed by atoms with van der Waals surface area (Å²) in [6.45, 7) is -0.214. The van der Waals surface area contributed by atoms with Crippen LogP contribution in [0.2, 0.25) is 0 Å². The van der Waals surface area contributed by atoms with Gasteiger partial charge in [-0.2, -0.15) is 0 Å². The van der Waals surface area contributed by atoms with Crippen LogP contribution in [0.5, 0.6) is 11.5 Å². The van der Waals surface area contributed by atoms with Crippen LogP contribution in [0.4, 0.5) is 0 Å². The molecule has 1 fully saturated rings. The van der Waals surface area contributed by atoms with Crippen LogP contribution in [-0.4, -0.2) is 34.9 Å². The lowest BCUT2D eigenvalue weighted by molar-refractivity contribution is -0.125. The zero-order valence-electron chi connectivity index (χ0n) is 10.8. The molecule has 3 N–H and O–H groups in total. The molecule has 0 aliphatic heterocycles. The molecule has 0 radical (unpaired) electrons. The first-order valence-electron chi connectivity index (χ1n) is 6.48. The molecule has 1 aliphatic carbocycles. The highest BCUT2D eigenvalue weighted by molar-refractivity contribution is 5.78. The molecule has 0 bridgehead atoms. The van der Waals surface area contributed by atoms with E-state index < -0.39 is 5.54 Å². The van der Waals surface area contributed by atoms with E-state index in [-0.39, 0.29) is 30.6 Å². The highest BCUT2D eigenvalue weighted by Crippen LogP contribution is 2.29. The summed E-state index contributed by atoms with van der Waals surface area (Å²) in [7, 11) is 0. The zero-order valence-corrected chi connectivity index (χ0v) is 10.8. The summed E-state index contributed by atoms with van der Waals surface area (Å²) in [4.78, 5) is 11.8. The van der Waals surface area contributed by atoms with Gasteiger partial charge in [0, 0.05) is 0 Å². The minimum Gasteiger partial charge on any atom is -0.504 e. The van der Waals surface area contributed by atoms with E-state index in [4.69, 9.17) is 4.74 Å². The second-order valence-corrected chi connectivity index (χ2v) is 4.95. The standard InChI is InChI=1S/C14H19NO4/c16-10-14(7-3-4-8-14)15-13(18)9-19-12-6-2-1-5-11(12)17/h1-2,5-6,16-17H,3-4,7-10H2,(H,15,18). The average molecular weight is 265 g/mol. The minimum atomic E-state index is -0.487. The van der Waals surface area contributed by atoms with E-state index in [1.165, 1.54) is 6.07 Å². The number of benzene rings is 1. The Balaban J connectivity index is 1.86. The van der Waals surface area contributed by atoms with Gasteiger partial charge in [0.15, 0.2) is 18.1 Å². The molecule has 2 rings (SSSR count). The van der Waals surface area contributed by atoms with Crippen molar-refractivity contribution >= 4 is 5.91 Å². The second-order valence-electron chi connectivity index (χ2n) is 4.95. The van der Waals surface area contributed by atoms with E-state index in [1.807, 2.05) is 0 Å². The summed E-state index contributed by atoms with van der Waals surface area (Å²) in [5.74, 6) is 0.00867. The predicted octanol–water partition coefficient (Wildman–Crippen LogP) is 1.19. The number of aromatic hydroxyl groups is 1. The summed E-state index contributed by atoms with van der Waals surface area (Å²) in [5.41, 5.74) is -0.487. The second kappa shape index (κ2) is 5.93. The molecule has 0 aromatic heterocycles. The number of rotatable bonds is 5. The number of para-hydroxylation sites is 2. The van der Waals surface area contributed by atoms with Crippen LogP contribution in [0.1, 0.15) is 25.7 Å². The molecule has 0 atom stereocenters. The molecule has 1 aromatic carbocycles. The number of ether oxygens (including phenoxy) is 1. The maximum absolute atomic E-state index is 11.8. The Hall–Kier alpha value is -1.75. The molecule has 19 heavy (non-hydrogen) atoms. The normalized spacial score (nSPS) is 17.1. The molecule has 1 aliphatic rings. The molecule has 5 heteroatoms. The van der Waals surface area contributed by atoms with E-state index in [0.717, 1.165) is 25.7 Å². The summed E-state index contributed by atoms with van der Waals surface area (Å²) >= 11 is 0. The highest BCUT2D eigenvalue weighted by atomic mass is 16.5. The number of carbonyl (C=O) groups excluding carboxylic acids is 1. The van der Waals surface area contributed by atoms with Gasteiger partial charge in [-0.05, 0) is 25.0 Å². The Labute approximate surface area is 112 Å². The van der Waals surface area contributed by atoms with Gasteiger partial charge in [-0.15, -0.1) is 0 Å². The number of carbonyl (C=O) groups is 1. The van der Waals surface area contributed by atoms with Crippen LogP contribution in [0.15, 0.2) is 24.3 Å². The first-order chi connectivity index (χ1) is 9.15. The number of hydrogen-bond donors (Lipinski definition) is 3. The lowest BCUT2D eigenvalue weighted by atomic mass is 9.99. The van der Waals surface area contributed by atoms with Gasteiger partial charge in [-0.25, -0.2) is 0 Å². The fourth-order valence-electron chi connectivity index (χ4n) is 2.43. The zero-order chi connectivity index (χ0) is 13.7. The van der Waals surface area contributed by atoms with Crippen LogP contribution < -0.4 is 10.1 Å². The molecule has 0 saturated heterocycles. The van der Waals surface area contributed by atoms with Gasteiger partial charge in [0.1, 0.15) is 0 Å². The Bertz CT molecular complexity index is 441. The lowest BCUT2D eigenvalue weighted by Crippen LogP contribution is -2.50. The van der Waals surface area contributed by atoms with Gasteiger partial charge in [0.2, 0.25) is 0 Å². The fourth-order valence-corrected chi connectivity index (χ4v) is 2.43. The van der Waals surface area contributed by atoms with Crippen molar-refractivity contribution in [3.63, 3.8) is 0 Å². The van der Waals surface area contributed by atoms with Gasteiger partial charge < -0.3 is 20.3 Å². The molecular weight excluding hydrogens is 246 g/mol. The number of nitrogens with one attached hydrogen (secondary N) is 1. The number of phenols is 1. The van der Waals surface area contributed by atoms with Crippen molar-refractivity contribution in [2.24, 2.45) is 0 Å². The van der Waals surface area contributed by atoms with E-state index in [1.54, 1.807) is 18.2 Å². The minimum absolute atomic E-state index is 0.00744. The Morgan fingerprint density at radius 2 is 2.00 bits per heavy atom. The number of aliphatic hydroxyl groups is 1. The fraction of sp³-hybridized carbons (Fsp3) is 0.500. The maximum atomic E-state index is 11.8. The molecule has 0 unspecified atom stereocenters. The molecule has 5 nitrogen and oxygen atoms in total. The largest absolute Gasteiger partial charge is 0.504 e. The molecule has 1 aromatic rings. The summed E-state index contributed by atoms with van der Waals surface area (Å²) in [6.07, 6.45) is 3.62. The smallest absolute Gasteiger partial charge is 0.258 e. The third kappa shape index (κ3) is 3.38. The van der Waals surface area contributed by atoms with Gasteiger partial charge in [-0.3, -0.25) is 4.79 Å². The van der Waals surface area contributed by atoms with Crippen LogP contribution in [-0.2, 0) is 4.79 Å². The average Bonchev–Trinajstić information content (AvgIpc) is 2.87. The quantitative estimate of drug-likeness (QED) is 0.747. The van der Waals surface area contributed by atoms with Crippen LogP contribution in [0.25, 0.3) is 0 Å². The van der Waals surface area contributed by atoms with Gasteiger partial charge in [-0.1, -0.05) is 25.0 Å². The van der Waals surface area contributed by atoms with Crippen molar-refractivity contribution in [3.05, 3.63) is 24.3 Å². The molecule has 1 amide bonds. The van der Waals surface area contributed by atoms with Crippen molar-refractivity contribution in [2.45, 2.75) is 31.2 Å². The van der Waals surface area contributed by atoms with Crippen molar-refractivity contribution in [2.75, 3.05) is 13.2 Å². The lowest BCUT2D eigenvalue weighted by Gasteiger charge is -2.27. The molecule has 0 spiro atoms. The van der Waals surface area contributed by atoms with E-state index in [2.05, 4.69) is 5.32 Å². The van der Waals surface area contributed by atoms with Crippen molar-refractivity contribution in [1.29, 1.82) is 0 Å².